The molecule has 0 unspecified atom stereocenters. The van der Waals surface area contributed by atoms with E-state index >= 15 is 0 Å². The first kappa shape index (κ1) is 24.9. The summed E-state index contributed by atoms with van der Waals surface area (Å²) in [4.78, 5) is 29.3. The summed E-state index contributed by atoms with van der Waals surface area (Å²) >= 11 is 0. The maximum atomic E-state index is 12.3. The summed E-state index contributed by atoms with van der Waals surface area (Å²) < 4.78 is 0. The highest BCUT2D eigenvalue weighted by Gasteiger charge is 2.17. The van der Waals surface area contributed by atoms with Gasteiger partial charge in [-0.2, -0.15) is 0 Å². The van der Waals surface area contributed by atoms with E-state index in [2.05, 4.69) is 71.5 Å². The summed E-state index contributed by atoms with van der Waals surface area (Å²) in [7, 11) is 0. The lowest BCUT2D eigenvalue weighted by molar-refractivity contribution is -0.120. The topological polar surface area (TPSA) is 64.7 Å². The van der Waals surface area contributed by atoms with E-state index in [-0.39, 0.29) is 23.8 Å². The van der Waals surface area contributed by atoms with Gasteiger partial charge in [-0.3, -0.25) is 14.5 Å². The van der Waals surface area contributed by atoms with Crippen LogP contribution in [0, 0.1) is 0 Å². The van der Waals surface area contributed by atoms with Gasteiger partial charge in [-0.05, 0) is 41.6 Å². The fourth-order valence-electron chi connectivity index (χ4n) is 3.99. The highest BCUT2D eigenvalue weighted by molar-refractivity contribution is 5.96. The number of nitrogens with zero attached hydrogens (tertiary/aromatic N) is 2. The number of nitrogens with one attached hydrogen (secondary N) is 2. The normalized spacial score (nSPS) is 15.2. The average molecular weight is 451 g/mol. The Kier molecular flexibility index (Phi) is 9.03. The molecule has 33 heavy (non-hydrogen) atoms. The van der Waals surface area contributed by atoms with Crippen molar-refractivity contribution in [2.75, 3.05) is 45.8 Å². The summed E-state index contributed by atoms with van der Waals surface area (Å²) in [5.74, 6) is -0.374. The van der Waals surface area contributed by atoms with Gasteiger partial charge in [-0.25, -0.2) is 0 Å². The number of piperazine rings is 1. The molecule has 0 aromatic heterocycles. The van der Waals surface area contributed by atoms with Crippen molar-refractivity contribution in [2.45, 2.75) is 39.2 Å². The molecule has 3 rings (SSSR count). The Morgan fingerprint density at radius 2 is 1.48 bits per heavy atom. The molecule has 6 nitrogen and oxygen atoms in total. The van der Waals surface area contributed by atoms with Crippen molar-refractivity contribution in [2.24, 2.45) is 0 Å². The zero-order chi connectivity index (χ0) is 23.7. The summed E-state index contributed by atoms with van der Waals surface area (Å²) in [5, 5.41) is 5.61. The molecule has 2 aromatic rings. The van der Waals surface area contributed by atoms with Gasteiger partial charge in [0, 0.05) is 44.8 Å². The standard InChI is InChI=1S/C27H38N4O2/c1-27(2,3)24-12-10-23(11-13-24)26(33)29-20-25(32)28-14-7-15-30-16-18-31(19-17-30)21-22-8-5-4-6-9-22/h4-6,8-13H,7,14-21H2,1-3H3,(H,28,32)(H,29,33). The summed E-state index contributed by atoms with van der Waals surface area (Å²) in [6, 6.07) is 18.2. The molecule has 1 fully saturated rings. The fraction of sp³-hybridized carbons (Fsp3) is 0.481. The Balaban J connectivity index is 1.26. The third kappa shape index (κ3) is 8.30. The van der Waals surface area contributed by atoms with Crippen LogP contribution < -0.4 is 10.6 Å². The molecule has 0 bridgehead atoms. The monoisotopic (exact) mass is 450 g/mol. The maximum absolute atomic E-state index is 12.3. The van der Waals surface area contributed by atoms with E-state index in [1.807, 2.05) is 24.3 Å². The number of benzene rings is 2. The van der Waals surface area contributed by atoms with Gasteiger partial charge < -0.3 is 15.5 Å². The van der Waals surface area contributed by atoms with E-state index in [0.29, 0.717) is 12.1 Å². The predicted molar refractivity (Wildman–Crippen MR) is 133 cm³/mol. The number of amides is 2. The van der Waals surface area contributed by atoms with Crippen molar-refractivity contribution in [1.82, 2.24) is 20.4 Å². The fourth-order valence-corrected chi connectivity index (χ4v) is 3.99. The van der Waals surface area contributed by atoms with Crippen LogP contribution in [0.2, 0.25) is 0 Å². The molecular formula is C27H38N4O2. The van der Waals surface area contributed by atoms with Crippen LogP contribution in [0.5, 0.6) is 0 Å². The highest BCUT2D eigenvalue weighted by Crippen LogP contribution is 2.22. The van der Waals surface area contributed by atoms with Gasteiger partial charge in [-0.1, -0.05) is 63.2 Å². The molecule has 1 saturated heterocycles. The van der Waals surface area contributed by atoms with Crippen LogP contribution in [0.3, 0.4) is 0 Å². The second kappa shape index (κ2) is 12.0. The molecule has 0 radical (unpaired) electrons. The second-order valence-corrected chi connectivity index (χ2v) is 9.82. The second-order valence-electron chi connectivity index (χ2n) is 9.82. The van der Waals surface area contributed by atoms with Crippen LogP contribution in [-0.4, -0.2) is 67.4 Å². The lowest BCUT2D eigenvalue weighted by Gasteiger charge is -2.34. The van der Waals surface area contributed by atoms with E-state index in [1.165, 1.54) is 11.1 Å². The predicted octanol–water partition coefficient (Wildman–Crippen LogP) is 3.04. The van der Waals surface area contributed by atoms with Crippen LogP contribution in [0.4, 0.5) is 0 Å². The van der Waals surface area contributed by atoms with Crippen molar-refractivity contribution in [3.63, 3.8) is 0 Å². The van der Waals surface area contributed by atoms with Gasteiger partial charge >= 0.3 is 0 Å². The van der Waals surface area contributed by atoms with Crippen LogP contribution in [0.25, 0.3) is 0 Å². The zero-order valence-corrected chi connectivity index (χ0v) is 20.3. The van der Waals surface area contributed by atoms with E-state index in [4.69, 9.17) is 0 Å². The lowest BCUT2D eigenvalue weighted by Crippen LogP contribution is -2.46. The maximum Gasteiger partial charge on any atom is 0.251 e. The Morgan fingerprint density at radius 3 is 2.12 bits per heavy atom. The van der Waals surface area contributed by atoms with Gasteiger partial charge in [0.25, 0.3) is 5.91 Å². The molecule has 6 heteroatoms. The van der Waals surface area contributed by atoms with E-state index in [9.17, 15) is 9.59 Å². The smallest absolute Gasteiger partial charge is 0.251 e. The minimum atomic E-state index is -0.223. The van der Waals surface area contributed by atoms with Crippen molar-refractivity contribution in [3.8, 4) is 0 Å². The Morgan fingerprint density at radius 1 is 0.848 bits per heavy atom. The number of carbonyl (C=O) groups is 2. The molecule has 1 heterocycles. The molecule has 0 saturated carbocycles. The molecule has 178 valence electrons. The van der Waals surface area contributed by atoms with Gasteiger partial charge in [0.15, 0.2) is 0 Å². The minimum absolute atomic E-state index is 0.00197. The van der Waals surface area contributed by atoms with Crippen molar-refractivity contribution in [3.05, 3.63) is 71.3 Å². The van der Waals surface area contributed by atoms with E-state index < -0.39 is 0 Å². The lowest BCUT2D eigenvalue weighted by atomic mass is 9.87. The van der Waals surface area contributed by atoms with Gasteiger partial charge in [-0.15, -0.1) is 0 Å². The summed E-state index contributed by atoms with van der Waals surface area (Å²) in [5.41, 5.74) is 3.16. The third-order valence-electron chi connectivity index (χ3n) is 6.11. The molecular weight excluding hydrogens is 412 g/mol. The molecule has 0 atom stereocenters. The Bertz CT molecular complexity index is 883. The first-order chi connectivity index (χ1) is 15.8. The first-order valence-electron chi connectivity index (χ1n) is 12.0. The molecule has 2 amide bonds. The first-order valence-corrected chi connectivity index (χ1v) is 12.0. The third-order valence-corrected chi connectivity index (χ3v) is 6.11. The van der Waals surface area contributed by atoms with Crippen LogP contribution in [0.1, 0.15) is 48.7 Å². The number of hydrogen-bond donors (Lipinski definition) is 2. The van der Waals surface area contributed by atoms with E-state index in [0.717, 1.165) is 45.7 Å². The van der Waals surface area contributed by atoms with Crippen molar-refractivity contribution >= 4 is 11.8 Å². The number of carbonyl (C=O) groups excluding carboxylic acids is 2. The molecule has 0 aliphatic carbocycles. The highest BCUT2D eigenvalue weighted by atomic mass is 16.2. The van der Waals surface area contributed by atoms with Crippen molar-refractivity contribution in [1.29, 1.82) is 0 Å². The van der Waals surface area contributed by atoms with Crippen LogP contribution >= 0.6 is 0 Å². The Labute approximate surface area is 198 Å². The zero-order valence-electron chi connectivity index (χ0n) is 20.3. The molecule has 2 aromatic carbocycles. The van der Waals surface area contributed by atoms with Gasteiger partial charge in [0.2, 0.25) is 5.91 Å². The van der Waals surface area contributed by atoms with E-state index in [1.54, 1.807) is 0 Å². The molecule has 1 aliphatic rings. The van der Waals surface area contributed by atoms with Crippen molar-refractivity contribution < 1.29 is 9.59 Å². The van der Waals surface area contributed by atoms with Gasteiger partial charge in [0.05, 0.1) is 6.54 Å². The van der Waals surface area contributed by atoms with Crippen LogP contribution in [0.15, 0.2) is 54.6 Å². The Hall–Kier alpha value is -2.70. The number of rotatable bonds is 9. The molecule has 2 N–H and O–H groups in total. The minimum Gasteiger partial charge on any atom is -0.355 e. The SMILES string of the molecule is CC(C)(C)c1ccc(C(=O)NCC(=O)NCCCN2CCN(Cc3ccccc3)CC2)cc1. The van der Waals surface area contributed by atoms with Gasteiger partial charge in [0.1, 0.15) is 0 Å². The summed E-state index contributed by atoms with van der Waals surface area (Å²) in [6.07, 6.45) is 0.909. The van der Waals surface area contributed by atoms with Crippen LogP contribution in [-0.2, 0) is 16.8 Å². The average Bonchev–Trinajstić information content (AvgIpc) is 2.81. The quantitative estimate of drug-likeness (QED) is 0.577. The molecule has 1 aliphatic heterocycles. The number of hydrogen-bond acceptors (Lipinski definition) is 4. The largest absolute Gasteiger partial charge is 0.355 e. The molecule has 0 spiro atoms. The summed E-state index contributed by atoms with van der Waals surface area (Å²) in [6.45, 7) is 13.3.